The predicted molar refractivity (Wildman–Crippen MR) is 107 cm³/mol. The van der Waals surface area contributed by atoms with Crippen molar-refractivity contribution in [2.75, 3.05) is 18.2 Å². The van der Waals surface area contributed by atoms with E-state index in [0.29, 0.717) is 29.4 Å². The number of aromatic amines is 1. The zero-order valence-corrected chi connectivity index (χ0v) is 16.0. The highest BCUT2D eigenvalue weighted by Gasteiger charge is 2.17. The Labute approximate surface area is 165 Å². The van der Waals surface area contributed by atoms with Gasteiger partial charge >= 0.3 is 0 Å². The lowest BCUT2D eigenvalue weighted by Gasteiger charge is -2.17. The van der Waals surface area contributed by atoms with Crippen LogP contribution in [0.15, 0.2) is 47.6 Å². The molecule has 4 rings (SSSR count). The number of amides is 1. The van der Waals surface area contributed by atoms with Crippen molar-refractivity contribution in [2.24, 2.45) is 0 Å². The van der Waals surface area contributed by atoms with Gasteiger partial charge in [0.15, 0.2) is 11.6 Å². The summed E-state index contributed by atoms with van der Waals surface area (Å²) in [5.74, 6) is 1.67. The summed E-state index contributed by atoms with van der Waals surface area (Å²) in [6, 6.07) is 12.9. The van der Waals surface area contributed by atoms with E-state index in [1.54, 1.807) is 19.2 Å². The number of Topliss-reactive ketones (excluding diaryl/α,β-unsaturated/α-hetero) is 1. The molecular formula is C20H18N4O3S. The first kappa shape index (κ1) is 18.2. The monoisotopic (exact) mass is 394 g/mol. The Morgan fingerprint density at radius 2 is 2.00 bits per heavy atom. The molecule has 2 aromatic carbocycles. The van der Waals surface area contributed by atoms with E-state index in [2.05, 4.69) is 20.5 Å². The standard InChI is InChI=1S/C20H18N4O3S/c1-27-15-6-2-12(3-7-15)19-22-20(24-23-19)28-11-17(25)14-4-8-16-13(10-14)5-9-18(26)21-16/h2-4,6-8,10H,5,9,11H2,1H3,(H,21,26)(H,22,23,24). The maximum Gasteiger partial charge on any atom is 0.224 e. The molecule has 1 aliphatic heterocycles. The van der Waals surface area contributed by atoms with Crippen molar-refractivity contribution in [3.05, 3.63) is 53.6 Å². The summed E-state index contributed by atoms with van der Waals surface area (Å²) >= 11 is 1.29. The van der Waals surface area contributed by atoms with Crippen LogP contribution in [0.1, 0.15) is 22.3 Å². The predicted octanol–water partition coefficient (Wildman–Crippen LogP) is 3.34. The first-order chi connectivity index (χ1) is 13.6. The highest BCUT2D eigenvalue weighted by Crippen LogP contribution is 2.25. The molecule has 0 bridgehead atoms. The van der Waals surface area contributed by atoms with Crippen LogP contribution in [0.3, 0.4) is 0 Å². The lowest BCUT2D eigenvalue weighted by Crippen LogP contribution is -2.19. The molecule has 142 valence electrons. The van der Waals surface area contributed by atoms with Crippen molar-refractivity contribution in [1.29, 1.82) is 0 Å². The topological polar surface area (TPSA) is 97.0 Å². The molecule has 0 aliphatic carbocycles. The number of carbonyl (C=O) groups is 2. The number of nitrogens with one attached hydrogen (secondary N) is 2. The lowest BCUT2D eigenvalue weighted by atomic mass is 9.99. The third-order valence-corrected chi connectivity index (χ3v) is 5.33. The third kappa shape index (κ3) is 3.91. The number of hydrogen-bond acceptors (Lipinski definition) is 6. The minimum atomic E-state index is 0.000461. The highest BCUT2D eigenvalue weighted by molar-refractivity contribution is 7.99. The van der Waals surface area contributed by atoms with Crippen LogP contribution in [0.2, 0.25) is 0 Å². The lowest BCUT2D eigenvalue weighted by molar-refractivity contribution is -0.116. The van der Waals surface area contributed by atoms with Crippen molar-refractivity contribution in [1.82, 2.24) is 15.2 Å². The summed E-state index contributed by atoms with van der Waals surface area (Å²) in [6.45, 7) is 0. The number of methoxy groups -OCH3 is 1. The van der Waals surface area contributed by atoms with Crippen molar-refractivity contribution < 1.29 is 14.3 Å². The first-order valence-electron chi connectivity index (χ1n) is 8.78. The maximum absolute atomic E-state index is 12.5. The molecule has 1 aromatic heterocycles. The molecule has 1 amide bonds. The van der Waals surface area contributed by atoms with Gasteiger partial charge in [-0.25, -0.2) is 4.98 Å². The Balaban J connectivity index is 1.40. The summed E-state index contributed by atoms with van der Waals surface area (Å²) in [6.07, 6.45) is 1.10. The van der Waals surface area contributed by atoms with Gasteiger partial charge in [-0.1, -0.05) is 11.8 Å². The number of rotatable bonds is 6. The number of hydrogen-bond donors (Lipinski definition) is 2. The van der Waals surface area contributed by atoms with E-state index in [9.17, 15) is 9.59 Å². The number of ether oxygens (including phenoxy) is 1. The van der Waals surface area contributed by atoms with Crippen LogP contribution >= 0.6 is 11.8 Å². The van der Waals surface area contributed by atoms with Crippen molar-refractivity contribution in [3.8, 4) is 17.1 Å². The Morgan fingerprint density at radius 3 is 2.79 bits per heavy atom. The maximum atomic E-state index is 12.5. The summed E-state index contributed by atoms with van der Waals surface area (Å²) in [5.41, 5.74) is 3.31. The van der Waals surface area contributed by atoms with Gasteiger partial charge in [0.2, 0.25) is 11.1 Å². The Kier molecular flexibility index (Phi) is 5.12. The molecule has 7 nitrogen and oxygen atoms in total. The Bertz CT molecular complexity index is 1030. The number of H-pyrrole nitrogens is 1. The van der Waals surface area contributed by atoms with Crippen LogP contribution in [0.5, 0.6) is 5.75 Å². The van der Waals surface area contributed by atoms with Gasteiger partial charge in [0.25, 0.3) is 0 Å². The molecule has 2 N–H and O–H groups in total. The zero-order valence-electron chi connectivity index (χ0n) is 15.2. The van der Waals surface area contributed by atoms with Gasteiger partial charge in [-0.3, -0.25) is 14.7 Å². The van der Waals surface area contributed by atoms with Crippen LogP contribution < -0.4 is 10.1 Å². The number of benzene rings is 2. The minimum absolute atomic E-state index is 0.000461. The van der Waals surface area contributed by atoms with Crippen molar-refractivity contribution in [2.45, 2.75) is 18.0 Å². The van der Waals surface area contributed by atoms with Crippen molar-refractivity contribution >= 4 is 29.1 Å². The molecule has 0 fully saturated rings. The van der Waals surface area contributed by atoms with E-state index < -0.39 is 0 Å². The number of thioether (sulfide) groups is 1. The van der Waals surface area contributed by atoms with Gasteiger partial charge in [-0.05, 0) is 54.4 Å². The summed E-state index contributed by atoms with van der Waals surface area (Å²) in [5, 5.41) is 10.4. The number of aryl methyl sites for hydroxylation is 1. The number of carbonyl (C=O) groups excluding carboxylic acids is 2. The molecule has 0 unspecified atom stereocenters. The molecule has 0 spiro atoms. The van der Waals surface area contributed by atoms with Crippen LogP contribution in [0.25, 0.3) is 11.4 Å². The molecule has 8 heteroatoms. The van der Waals surface area contributed by atoms with E-state index in [1.165, 1.54) is 11.8 Å². The van der Waals surface area contributed by atoms with E-state index in [0.717, 1.165) is 22.6 Å². The van der Waals surface area contributed by atoms with Crippen LogP contribution in [0.4, 0.5) is 5.69 Å². The van der Waals surface area contributed by atoms with Gasteiger partial charge in [0, 0.05) is 23.2 Å². The quantitative estimate of drug-likeness (QED) is 0.492. The second-order valence-electron chi connectivity index (χ2n) is 6.33. The van der Waals surface area contributed by atoms with Gasteiger partial charge < -0.3 is 10.1 Å². The fraction of sp³-hybridized carbons (Fsp3) is 0.200. The second kappa shape index (κ2) is 7.85. The smallest absolute Gasteiger partial charge is 0.224 e. The molecular weight excluding hydrogens is 376 g/mol. The van der Waals surface area contributed by atoms with E-state index in [-0.39, 0.29) is 17.4 Å². The molecule has 2 heterocycles. The van der Waals surface area contributed by atoms with Gasteiger partial charge in [0.05, 0.1) is 12.9 Å². The second-order valence-corrected chi connectivity index (χ2v) is 7.27. The Morgan fingerprint density at radius 1 is 1.18 bits per heavy atom. The Hall–Kier alpha value is -3.13. The number of nitrogens with zero attached hydrogens (tertiary/aromatic N) is 2. The molecule has 0 atom stereocenters. The molecule has 28 heavy (non-hydrogen) atoms. The summed E-state index contributed by atoms with van der Waals surface area (Å²) in [4.78, 5) is 28.4. The number of fused-ring (bicyclic) bond motifs is 1. The van der Waals surface area contributed by atoms with Crippen molar-refractivity contribution in [3.63, 3.8) is 0 Å². The summed E-state index contributed by atoms with van der Waals surface area (Å²) in [7, 11) is 1.62. The number of anilines is 1. The SMILES string of the molecule is COc1ccc(-c2nc(SCC(=O)c3ccc4c(c3)CCC(=O)N4)n[nH]2)cc1. The highest BCUT2D eigenvalue weighted by atomic mass is 32.2. The fourth-order valence-corrected chi connectivity index (χ4v) is 3.65. The molecule has 3 aromatic rings. The van der Waals surface area contributed by atoms with E-state index in [4.69, 9.17) is 4.74 Å². The fourth-order valence-electron chi connectivity index (χ4n) is 2.96. The number of ketones is 1. The minimum Gasteiger partial charge on any atom is -0.497 e. The summed E-state index contributed by atoms with van der Waals surface area (Å²) < 4.78 is 5.15. The van der Waals surface area contributed by atoms with Crippen LogP contribution in [-0.4, -0.2) is 39.7 Å². The molecule has 0 saturated carbocycles. The molecule has 1 aliphatic rings. The zero-order chi connectivity index (χ0) is 19.5. The first-order valence-corrected chi connectivity index (χ1v) is 9.76. The van der Waals surface area contributed by atoms with E-state index >= 15 is 0 Å². The van der Waals surface area contributed by atoms with Gasteiger partial charge in [0.1, 0.15) is 5.75 Å². The normalized spacial score (nSPS) is 13.0. The van der Waals surface area contributed by atoms with Crippen LogP contribution in [0, 0.1) is 0 Å². The molecule has 0 radical (unpaired) electrons. The largest absolute Gasteiger partial charge is 0.497 e. The molecule has 0 saturated heterocycles. The third-order valence-electron chi connectivity index (χ3n) is 4.48. The average Bonchev–Trinajstić information content (AvgIpc) is 3.20. The van der Waals surface area contributed by atoms with Gasteiger partial charge in [-0.15, -0.1) is 5.10 Å². The van der Waals surface area contributed by atoms with E-state index in [1.807, 2.05) is 30.3 Å². The average molecular weight is 394 g/mol. The van der Waals surface area contributed by atoms with Crippen LogP contribution in [-0.2, 0) is 11.2 Å². The van der Waals surface area contributed by atoms with Gasteiger partial charge in [-0.2, -0.15) is 0 Å². The number of aromatic nitrogens is 3.